The van der Waals surface area contributed by atoms with E-state index in [-0.39, 0.29) is 17.5 Å². The molecular formula is C14H20N2O5S. The smallest absolute Gasteiger partial charge is 0.319 e. The second-order valence-corrected chi connectivity index (χ2v) is 7.35. The van der Waals surface area contributed by atoms with Crippen LogP contribution in [0.15, 0.2) is 18.2 Å². The highest BCUT2D eigenvalue weighted by Gasteiger charge is 2.26. The first kappa shape index (κ1) is 16.4. The van der Waals surface area contributed by atoms with Gasteiger partial charge in [-0.1, -0.05) is 0 Å². The largest absolute Gasteiger partial charge is 0.497 e. The summed E-state index contributed by atoms with van der Waals surface area (Å²) < 4.78 is 33.4. The van der Waals surface area contributed by atoms with E-state index in [1.54, 1.807) is 18.2 Å². The molecule has 0 aliphatic carbocycles. The highest BCUT2D eigenvalue weighted by Crippen LogP contribution is 2.28. The molecule has 0 unspecified atom stereocenters. The van der Waals surface area contributed by atoms with Gasteiger partial charge in [0.1, 0.15) is 11.5 Å². The number of hydrogen-bond donors (Lipinski definition) is 2. The third kappa shape index (κ3) is 4.27. The van der Waals surface area contributed by atoms with E-state index < -0.39 is 15.9 Å². The van der Waals surface area contributed by atoms with Crippen molar-refractivity contribution in [1.29, 1.82) is 0 Å². The number of benzene rings is 1. The third-order valence-electron chi connectivity index (χ3n) is 3.45. The molecule has 22 heavy (non-hydrogen) atoms. The van der Waals surface area contributed by atoms with Crippen molar-refractivity contribution in [2.24, 2.45) is 0 Å². The van der Waals surface area contributed by atoms with Gasteiger partial charge in [-0.3, -0.25) is 0 Å². The van der Waals surface area contributed by atoms with E-state index in [9.17, 15) is 13.2 Å². The number of nitrogens with one attached hydrogen (secondary N) is 2. The van der Waals surface area contributed by atoms with E-state index in [1.807, 2.05) is 0 Å². The number of anilines is 1. The van der Waals surface area contributed by atoms with Crippen molar-refractivity contribution in [3.8, 4) is 11.5 Å². The Hall–Kier alpha value is -1.96. The molecule has 2 N–H and O–H groups in total. The number of urea groups is 1. The molecule has 1 fully saturated rings. The summed E-state index contributed by atoms with van der Waals surface area (Å²) in [6, 6.07) is 4.20. The normalized spacial score (nSPS) is 20.0. The fraction of sp³-hybridized carbons (Fsp3) is 0.500. The Balaban J connectivity index is 2.02. The quantitative estimate of drug-likeness (QED) is 0.871. The Labute approximate surface area is 129 Å². The summed E-state index contributed by atoms with van der Waals surface area (Å²) in [5, 5.41) is 5.35. The van der Waals surface area contributed by atoms with Crippen LogP contribution in [0.1, 0.15) is 12.8 Å². The monoisotopic (exact) mass is 328 g/mol. The molecule has 0 bridgehead atoms. The highest BCUT2D eigenvalue weighted by atomic mass is 32.2. The van der Waals surface area contributed by atoms with Gasteiger partial charge in [0.2, 0.25) is 0 Å². The molecule has 1 aromatic carbocycles. The number of amides is 2. The fourth-order valence-electron chi connectivity index (χ4n) is 2.39. The van der Waals surface area contributed by atoms with E-state index in [4.69, 9.17) is 9.47 Å². The maximum atomic E-state index is 12.0. The second kappa shape index (κ2) is 6.87. The molecule has 0 spiro atoms. The fourth-order valence-corrected chi connectivity index (χ4v) is 4.03. The van der Waals surface area contributed by atoms with Crippen molar-refractivity contribution in [3.63, 3.8) is 0 Å². The minimum Gasteiger partial charge on any atom is -0.497 e. The molecule has 2 rings (SSSR count). The Kier molecular flexibility index (Phi) is 5.12. The molecule has 2 amide bonds. The van der Waals surface area contributed by atoms with Crippen molar-refractivity contribution in [3.05, 3.63) is 18.2 Å². The van der Waals surface area contributed by atoms with E-state index >= 15 is 0 Å². The van der Waals surface area contributed by atoms with Crippen molar-refractivity contribution in [2.75, 3.05) is 31.0 Å². The number of carbonyl (C=O) groups excluding carboxylic acids is 1. The zero-order valence-corrected chi connectivity index (χ0v) is 13.4. The topological polar surface area (TPSA) is 93.7 Å². The van der Waals surface area contributed by atoms with Crippen LogP contribution in [-0.4, -0.2) is 46.2 Å². The average Bonchev–Trinajstić information content (AvgIpc) is 2.45. The molecule has 1 aromatic rings. The molecule has 0 radical (unpaired) electrons. The van der Waals surface area contributed by atoms with Crippen molar-refractivity contribution >= 4 is 21.6 Å². The van der Waals surface area contributed by atoms with Crippen LogP contribution in [0.25, 0.3) is 0 Å². The first-order valence-corrected chi connectivity index (χ1v) is 8.75. The van der Waals surface area contributed by atoms with Crippen LogP contribution in [0.4, 0.5) is 10.5 Å². The Morgan fingerprint density at radius 2 is 2.05 bits per heavy atom. The van der Waals surface area contributed by atoms with Crippen LogP contribution in [0.3, 0.4) is 0 Å². The lowest BCUT2D eigenvalue weighted by atomic mass is 10.2. The van der Waals surface area contributed by atoms with Gasteiger partial charge in [-0.25, -0.2) is 13.2 Å². The van der Waals surface area contributed by atoms with Crippen molar-refractivity contribution < 1.29 is 22.7 Å². The summed E-state index contributed by atoms with van der Waals surface area (Å²) in [5.74, 6) is 1.25. The van der Waals surface area contributed by atoms with Crippen LogP contribution in [0.2, 0.25) is 0 Å². The number of ether oxygens (including phenoxy) is 2. The maximum Gasteiger partial charge on any atom is 0.319 e. The number of methoxy groups -OCH3 is 2. The Bertz CT molecular complexity index is 645. The van der Waals surface area contributed by atoms with Crippen molar-refractivity contribution in [1.82, 2.24) is 5.32 Å². The summed E-state index contributed by atoms with van der Waals surface area (Å²) in [6.07, 6.45) is 1.22. The van der Waals surface area contributed by atoms with E-state index in [2.05, 4.69) is 10.6 Å². The SMILES string of the molecule is COc1ccc(OC)c(NC(=O)N[C@H]2CCCS(=O)(=O)C2)c1. The highest BCUT2D eigenvalue weighted by molar-refractivity contribution is 7.91. The number of rotatable bonds is 4. The van der Waals surface area contributed by atoms with E-state index in [0.717, 1.165) is 0 Å². The maximum absolute atomic E-state index is 12.0. The van der Waals surface area contributed by atoms with Gasteiger partial charge in [-0.05, 0) is 25.0 Å². The number of carbonyl (C=O) groups is 1. The summed E-state index contributed by atoms with van der Waals surface area (Å²) in [7, 11) is -0.0361. The predicted molar refractivity (Wildman–Crippen MR) is 83.4 cm³/mol. The molecule has 1 aliphatic heterocycles. The minimum atomic E-state index is -3.06. The third-order valence-corrected chi connectivity index (χ3v) is 5.27. The van der Waals surface area contributed by atoms with E-state index in [1.165, 1.54) is 14.2 Å². The lowest BCUT2D eigenvalue weighted by Gasteiger charge is -2.23. The summed E-state index contributed by atoms with van der Waals surface area (Å²) >= 11 is 0. The van der Waals surface area contributed by atoms with Crippen LogP contribution in [0.5, 0.6) is 11.5 Å². The average molecular weight is 328 g/mol. The van der Waals surface area contributed by atoms with Crippen molar-refractivity contribution in [2.45, 2.75) is 18.9 Å². The molecule has 8 heteroatoms. The molecular weight excluding hydrogens is 308 g/mol. The second-order valence-electron chi connectivity index (χ2n) is 5.12. The van der Waals surface area contributed by atoms with Gasteiger partial charge >= 0.3 is 6.03 Å². The van der Waals surface area contributed by atoms with Crippen LogP contribution >= 0.6 is 0 Å². The molecule has 0 aromatic heterocycles. The molecule has 1 saturated heterocycles. The van der Waals surface area contributed by atoms with Gasteiger partial charge in [0.05, 0.1) is 31.4 Å². The zero-order valence-electron chi connectivity index (χ0n) is 12.6. The summed E-state index contributed by atoms with van der Waals surface area (Å²) in [6.45, 7) is 0. The first-order chi connectivity index (χ1) is 10.4. The lowest BCUT2D eigenvalue weighted by Crippen LogP contribution is -2.44. The van der Waals surface area contributed by atoms with Gasteiger partial charge in [0, 0.05) is 12.1 Å². The van der Waals surface area contributed by atoms with Crippen LogP contribution in [0, 0.1) is 0 Å². The van der Waals surface area contributed by atoms with Crippen LogP contribution in [-0.2, 0) is 9.84 Å². The summed E-state index contributed by atoms with van der Waals surface area (Å²) in [5.41, 5.74) is 0.456. The molecule has 1 heterocycles. The van der Waals surface area contributed by atoms with Gasteiger partial charge in [-0.15, -0.1) is 0 Å². The molecule has 7 nitrogen and oxygen atoms in total. The Morgan fingerprint density at radius 1 is 1.27 bits per heavy atom. The van der Waals surface area contributed by atoms with Gasteiger partial charge in [0.25, 0.3) is 0 Å². The number of sulfone groups is 1. The standard InChI is InChI=1S/C14H20N2O5S/c1-20-11-5-6-13(21-2)12(8-11)16-14(17)15-10-4-3-7-22(18,19)9-10/h5-6,8,10H,3-4,7,9H2,1-2H3,(H2,15,16,17)/t10-/m0/s1. The van der Waals surface area contributed by atoms with Crippen LogP contribution < -0.4 is 20.1 Å². The molecule has 1 atom stereocenters. The predicted octanol–water partition coefficient (Wildman–Crippen LogP) is 1.40. The van der Waals surface area contributed by atoms with E-state index in [0.29, 0.717) is 30.0 Å². The van der Waals surface area contributed by atoms with Gasteiger partial charge in [-0.2, -0.15) is 0 Å². The number of hydrogen-bond acceptors (Lipinski definition) is 5. The van der Waals surface area contributed by atoms with Gasteiger partial charge in [0.15, 0.2) is 9.84 Å². The molecule has 1 aliphatic rings. The molecule has 0 saturated carbocycles. The van der Waals surface area contributed by atoms with Gasteiger partial charge < -0.3 is 20.1 Å². The Morgan fingerprint density at radius 3 is 2.68 bits per heavy atom. The first-order valence-electron chi connectivity index (χ1n) is 6.93. The zero-order chi connectivity index (χ0) is 16.2. The lowest BCUT2D eigenvalue weighted by molar-refractivity contribution is 0.248. The minimum absolute atomic E-state index is 0.0182. The summed E-state index contributed by atoms with van der Waals surface area (Å²) in [4.78, 5) is 12.0. The molecule has 122 valence electrons.